The van der Waals surface area contributed by atoms with E-state index in [1.807, 2.05) is 29.6 Å². The van der Waals surface area contributed by atoms with Gasteiger partial charge < -0.3 is 14.6 Å². The van der Waals surface area contributed by atoms with Crippen LogP contribution in [0.3, 0.4) is 0 Å². The first-order chi connectivity index (χ1) is 16.6. The molecule has 0 radical (unpaired) electrons. The van der Waals surface area contributed by atoms with Crippen LogP contribution in [-0.2, 0) is 13.2 Å². The molecule has 2 N–H and O–H groups in total. The lowest BCUT2D eigenvalue weighted by Gasteiger charge is -2.25. The Morgan fingerprint density at radius 2 is 2.06 bits per heavy atom. The maximum atomic E-state index is 13.4. The average molecular weight is 478 g/mol. The summed E-state index contributed by atoms with van der Waals surface area (Å²) < 4.78 is 15.2. The molecule has 1 fully saturated rings. The Balaban J connectivity index is 1.28. The van der Waals surface area contributed by atoms with Crippen LogP contribution >= 0.6 is 11.3 Å². The molecule has 0 aliphatic carbocycles. The predicted molar refractivity (Wildman–Crippen MR) is 129 cm³/mol. The van der Waals surface area contributed by atoms with Gasteiger partial charge in [-0.25, -0.2) is 9.97 Å². The zero-order valence-corrected chi connectivity index (χ0v) is 19.2. The molecule has 34 heavy (non-hydrogen) atoms. The molecular weight excluding hydrogens is 453 g/mol. The van der Waals surface area contributed by atoms with Gasteiger partial charge in [0.1, 0.15) is 5.69 Å². The topological polar surface area (TPSA) is 83.3 Å². The molecule has 1 amide bonds. The first kappa shape index (κ1) is 22.2. The summed E-state index contributed by atoms with van der Waals surface area (Å²) in [5, 5.41) is 14.7. The Morgan fingerprint density at radius 3 is 2.85 bits per heavy atom. The quantitative estimate of drug-likeness (QED) is 0.380. The molecule has 7 nitrogen and oxygen atoms in total. The van der Waals surface area contributed by atoms with Gasteiger partial charge in [0, 0.05) is 36.6 Å². The number of aliphatic hydroxyl groups excluding tert-OH is 1. The van der Waals surface area contributed by atoms with Gasteiger partial charge >= 0.3 is 0 Å². The lowest BCUT2D eigenvalue weighted by molar-refractivity contribution is 0.101. The number of carbonyl (C=O) groups is 1. The van der Waals surface area contributed by atoms with Crippen LogP contribution in [0.5, 0.6) is 0 Å². The SMILES string of the molecule is O=C(Nc1nc([C@H]2CCCN2c2ccc(CO)cc2)cs1)c1cccn1Cc1ccnc(F)c1. The third-order valence-corrected chi connectivity index (χ3v) is 6.77. The summed E-state index contributed by atoms with van der Waals surface area (Å²) in [5.74, 6) is -0.806. The Kier molecular flexibility index (Phi) is 6.37. The van der Waals surface area contributed by atoms with Crippen molar-refractivity contribution in [2.45, 2.75) is 32.0 Å². The van der Waals surface area contributed by atoms with Gasteiger partial charge in [-0.1, -0.05) is 12.1 Å². The summed E-state index contributed by atoms with van der Waals surface area (Å²) in [6, 6.07) is 14.7. The molecule has 4 aromatic rings. The van der Waals surface area contributed by atoms with Gasteiger partial charge in [0.15, 0.2) is 5.13 Å². The number of halogens is 1. The molecular formula is C25H24FN5O2S. The van der Waals surface area contributed by atoms with Gasteiger partial charge in [-0.05, 0) is 60.4 Å². The third-order valence-electron chi connectivity index (χ3n) is 5.99. The van der Waals surface area contributed by atoms with Crippen molar-refractivity contribution in [3.63, 3.8) is 0 Å². The van der Waals surface area contributed by atoms with Crippen molar-refractivity contribution in [1.82, 2.24) is 14.5 Å². The molecule has 0 spiro atoms. The molecule has 1 aromatic carbocycles. The van der Waals surface area contributed by atoms with Gasteiger partial charge in [0.25, 0.3) is 5.91 Å². The Labute approximate surface area is 200 Å². The average Bonchev–Trinajstić information content (AvgIpc) is 3.60. The minimum Gasteiger partial charge on any atom is -0.392 e. The second-order valence-electron chi connectivity index (χ2n) is 8.22. The molecule has 0 bridgehead atoms. The second kappa shape index (κ2) is 9.74. The lowest BCUT2D eigenvalue weighted by atomic mass is 10.1. The number of aliphatic hydroxyl groups is 1. The number of rotatable bonds is 7. The molecule has 0 saturated carbocycles. The minimum atomic E-state index is -0.545. The van der Waals surface area contributed by atoms with Crippen LogP contribution < -0.4 is 10.2 Å². The summed E-state index contributed by atoms with van der Waals surface area (Å²) >= 11 is 1.41. The van der Waals surface area contributed by atoms with Gasteiger partial charge in [-0.15, -0.1) is 11.3 Å². The normalized spacial score (nSPS) is 15.6. The van der Waals surface area contributed by atoms with Gasteiger partial charge in [-0.2, -0.15) is 4.39 Å². The van der Waals surface area contributed by atoms with E-state index in [9.17, 15) is 14.3 Å². The number of hydrogen-bond donors (Lipinski definition) is 2. The maximum Gasteiger partial charge on any atom is 0.274 e. The van der Waals surface area contributed by atoms with Crippen LogP contribution in [0.1, 0.15) is 46.2 Å². The van der Waals surface area contributed by atoms with Crippen molar-refractivity contribution in [1.29, 1.82) is 0 Å². The standard InChI is InChI=1S/C25H24FN5O2S/c26-23-13-18(9-10-27-23)14-30-11-1-4-22(30)24(33)29-25-28-20(16-34-25)21-3-2-12-31(21)19-7-5-17(15-32)6-8-19/h1,4-11,13,16,21,32H,2-3,12,14-15H2,(H,28,29,33)/t21-/m1/s1. The van der Waals surface area contributed by atoms with E-state index in [0.29, 0.717) is 17.4 Å². The number of thiazole rings is 1. The highest BCUT2D eigenvalue weighted by Crippen LogP contribution is 2.37. The number of nitrogens with zero attached hydrogens (tertiary/aromatic N) is 4. The van der Waals surface area contributed by atoms with Crippen molar-refractivity contribution in [2.75, 3.05) is 16.8 Å². The number of hydrogen-bond acceptors (Lipinski definition) is 6. The highest BCUT2D eigenvalue weighted by Gasteiger charge is 2.28. The zero-order valence-electron chi connectivity index (χ0n) is 18.4. The van der Waals surface area contributed by atoms with Crippen molar-refractivity contribution >= 4 is 28.1 Å². The van der Waals surface area contributed by atoms with E-state index in [2.05, 4.69) is 15.2 Å². The van der Waals surface area contributed by atoms with Crippen LogP contribution in [-0.4, -0.2) is 32.1 Å². The van der Waals surface area contributed by atoms with Crippen molar-refractivity contribution < 1.29 is 14.3 Å². The van der Waals surface area contributed by atoms with E-state index in [1.165, 1.54) is 23.6 Å². The fourth-order valence-electron chi connectivity index (χ4n) is 4.33. The smallest absolute Gasteiger partial charge is 0.274 e. The molecule has 1 aliphatic heterocycles. The van der Waals surface area contributed by atoms with Gasteiger partial charge in [-0.3, -0.25) is 10.1 Å². The van der Waals surface area contributed by atoms with E-state index in [4.69, 9.17) is 4.98 Å². The first-order valence-corrected chi connectivity index (χ1v) is 12.0. The van der Waals surface area contributed by atoms with Crippen molar-refractivity contribution in [3.8, 4) is 0 Å². The second-order valence-corrected chi connectivity index (χ2v) is 9.07. The highest BCUT2D eigenvalue weighted by atomic mass is 32.1. The summed E-state index contributed by atoms with van der Waals surface area (Å²) in [4.78, 5) is 23.6. The lowest BCUT2D eigenvalue weighted by Crippen LogP contribution is -2.23. The van der Waals surface area contributed by atoms with Crippen molar-refractivity contribution in [2.24, 2.45) is 0 Å². The Morgan fingerprint density at radius 1 is 1.21 bits per heavy atom. The fraction of sp³-hybridized carbons (Fsp3) is 0.240. The van der Waals surface area contributed by atoms with Crippen LogP contribution in [0.4, 0.5) is 15.2 Å². The van der Waals surface area contributed by atoms with Gasteiger partial charge in [0.05, 0.1) is 18.3 Å². The number of amides is 1. The molecule has 1 saturated heterocycles. The molecule has 4 heterocycles. The predicted octanol–water partition coefficient (Wildman–Crippen LogP) is 4.61. The van der Waals surface area contributed by atoms with Crippen LogP contribution in [0.2, 0.25) is 0 Å². The summed E-state index contributed by atoms with van der Waals surface area (Å²) in [5.41, 5.74) is 4.12. The molecule has 0 unspecified atom stereocenters. The third kappa shape index (κ3) is 4.71. The van der Waals surface area contributed by atoms with Crippen LogP contribution in [0, 0.1) is 5.95 Å². The van der Waals surface area contributed by atoms with E-state index in [-0.39, 0.29) is 18.6 Å². The zero-order chi connectivity index (χ0) is 23.5. The van der Waals surface area contributed by atoms with E-state index >= 15 is 0 Å². The highest BCUT2D eigenvalue weighted by molar-refractivity contribution is 7.14. The summed E-state index contributed by atoms with van der Waals surface area (Å²) in [6.45, 7) is 1.33. The number of carbonyl (C=O) groups excluding carboxylic acids is 1. The van der Waals surface area contributed by atoms with E-state index in [0.717, 1.165) is 41.9 Å². The molecule has 174 valence electrons. The molecule has 5 rings (SSSR count). The number of anilines is 2. The molecule has 1 aliphatic rings. The van der Waals surface area contributed by atoms with E-state index < -0.39 is 5.95 Å². The van der Waals surface area contributed by atoms with Crippen LogP contribution in [0.25, 0.3) is 0 Å². The molecule has 1 atom stereocenters. The first-order valence-electron chi connectivity index (χ1n) is 11.1. The fourth-order valence-corrected chi connectivity index (χ4v) is 5.08. The molecule has 3 aromatic heterocycles. The number of benzene rings is 1. The maximum absolute atomic E-state index is 13.4. The number of aromatic nitrogens is 3. The van der Waals surface area contributed by atoms with Gasteiger partial charge in [0.2, 0.25) is 5.95 Å². The molecule has 9 heteroatoms. The summed E-state index contributed by atoms with van der Waals surface area (Å²) in [7, 11) is 0. The Bertz CT molecular complexity index is 1290. The van der Waals surface area contributed by atoms with E-state index in [1.54, 1.807) is 29.0 Å². The Hall–Kier alpha value is -3.56. The van der Waals surface area contributed by atoms with Crippen molar-refractivity contribution in [3.05, 3.63) is 94.8 Å². The number of nitrogens with one attached hydrogen (secondary N) is 1. The minimum absolute atomic E-state index is 0.0294. The monoisotopic (exact) mass is 477 g/mol. The summed E-state index contributed by atoms with van der Waals surface area (Å²) in [6.07, 6.45) is 5.26. The number of pyridine rings is 1. The van der Waals surface area contributed by atoms with Crippen LogP contribution in [0.15, 0.2) is 66.3 Å². The largest absolute Gasteiger partial charge is 0.392 e.